The normalized spacial score (nSPS) is 17.2. The Morgan fingerprint density at radius 3 is 2.31 bits per heavy atom. The number of ether oxygens (including phenoxy) is 2. The number of phenolic OH excluding ortho intramolecular Hbond substituents is 2. The molecule has 0 spiro atoms. The fourth-order valence-electron chi connectivity index (χ4n) is 3.72. The molecule has 0 saturated carbocycles. The van der Waals surface area contributed by atoms with Crippen molar-refractivity contribution in [2.24, 2.45) is 0 Å². The van der Waals surface area contributed by atoms with Gasteiger partial charge in [-0.1, -0.05) is 29.4 Å². The van der Waals surface area contributed by atoms with Crippen molar-refractivity contribution in [1.29, 1.82) is 0 Å². The second-order valence-corrected chi connectivity index (χ2v) is 8.49. The summed E-state index contributed by atoms with van der Waals surface area (Å²) < 4.78 is 11.6. The van der Waals surface area contributed by atoms with Gasteiger partial charge in [0.1, 0.15) is 28.6 Å². The van der Waals surface area contributed by atoms with Crippen molar-refractivity contribution < 1.29 is 29.6 Å². The van der Waals surface area contributed by atoms with Crippen LogP contribution in [0.25, 0.3) is 0 Å². The molecule has 1 heterocycles. The maximum absolute atomic E-state index is 13.0. The average Bonchev–Trinajstić information content (AvgIpc) is 2.73. The summed E-state index contributed by atoms with van der Waals surface area (Å²) in [6, 6.07) is 6.49. The topological polar surface area (TPSA) is 96.2 Å². The van der Waals surface area contributed by atoms with E-state index in [1.54, 1.807) is 19.2 Å². The summed E-state index contributed by atoms with van der Waals surface area (Å²) in [5, 5.41) is 31.5. The molecule has 1 aliphatic rings. The van der Waals surface area contributed by atoms with E-state index >= 15 is 0 Å². The molecule has 1 aliphatic heterocycles. The van der Waals surface area contributed by atoms with E-state index < -0.39 is 23.7 Å². The van der Waals surface area contributed by atoms with Crippen molar-refractivity contribution in [3.05, 3.63) is 69.8 Å². The predicted molar refractivity (Wildman–Crippen MR) is 123 cm³/mol. The fourth-order valence-corrected chi connectivity index (χ4v) is 3.72. The first-order valence-corrected chi connectivity index (χ1v) is 10.5. The number of hydrogen-bond donors (Lipinski definition) is 3. The number of benzene rings is 2. The molecule has 32 heavy (non-hydrogen) atoms. The summed E-state index contributed by atoms with van der Waals surface area (Å²) in [5.41, 5.74) is 3.97. The molecule has 170 valence electrons. The van der Waals surface area contributed by atoms with Crippen molar-refractivity contribution in [2.45, 2.75) is 52.7 Å². The molecule has 3 rings (SSSR count). The zero-order valence-electron chi connectivity index (χ0n) is 19.1. The first-order chi connectivity index (χ1) is 15.1. The van der Waals surface area contributed by atoms with Crippen LogP contribution < -0.4 is 9.47 Å². The van der Waals surface area contributed by atoms with E-state index in [1.807, 2.05) is 39.8 Å². The Morgan fingerprint density at radius 2 is 1.69 bits per heavy atom. The van der Waals surface area contributed by atoms with Crippen LogP contribution in [0.15, 0.2) is 47.6 Å². The van der Waals surface area contributed by atoms with Crippen molar-refractivity contribution in [3.8, 4) is 23.0 Å². The van der Waals surface area contributed by atoms with Crippen LogP contribution in [0, 0.1) is 0 Å². The highest BCUT2D eigenvalue weighted by Gasteiger charge is 2.40. The van der Waals surface area contributed by atoms with Gasteiger partial charge in [-0.25, -0.2) is 0 Å². The van der Waals surface area contributed by atoms with Gasteiger partial charge in [-0.2, -0.15) is 0 Å². The van der Waals surface area contributed by atoms with E-state index in [0.29, 0.717) is 29.7 Å². The minimum absolute atomic E-state index is 0.0990. The standard InChI is InChI=1S/C26H30O6/c1-14(2)6-8-16-12-17(9-11-21(16)31-5)25-24(30)23(29)22-20(28)13-19(27)18(26(22)32-25)10-7-15(3)4/h6-7,9,11-13,24-25,27-28,30H,8,10H2,1-5H3/t24-,25+/m0/s1. The highest BCUT2D eigenvalue weighted by atomic mass is 16.5. The number of aliphatic hydroxyl groups is 1. The third-order valence-corrected chi connectivity index (χ3v) is 5.46. The molecule has 0 unspecified atom stereocenters. The van der Waals surface area contributed by atoms with Crippen LogP contribution in [0.5, 0.6) is 23.0 Å². The van der Waals surface area contributed by atoms with Gasteiger partial charge in [-0.3, -0.25) is 4.79 Å². The molecule has 6 nitrogen and oxygen atoms in total. The lowest BCUT2D eigenvalue weighted by atomic mass is 9.89. The Morgan fingerprint density at radius 1 is 1.03 bits per heavy atom. The van der Waals surface area contributed by atoms with Crippen molar-refractivity contribution in [2.75, 3.05) is 7.11 Å². The zero-order chi connectivity index (χ0) is 23.6. The zero-order valence-corrected chi connectivity index (χ0v) is 19.1. The quantitative estimate of drug-likeness (QED) is 0.561. The smallest absolute Gasteiger partial charge is 0.202 e. The molecule has 0 amide bonds. The molecule has 0 aliphatic carbocycles. The third kappa shape index (κ3) is 4.65. The number of carbonyl (C=O) groups excluding carboxylic acids is 1. The van der Waals surface area contributed by atoms with Crippen LogP contribution in [0.1, 0.15) is 60.8 Å². The number of methoxy groups -OCH3 is 1. The van der Waals surface area contributed by atoms with Gasteiger partial charge in [0.05, 0.1) is 7.11 Å². The predicted octanol–water partition coefficient (Wildman–Crippen LogP) is 4.80. The largest absolute Gasteiger partial charge is 0.507 e. The fraction of sp³-hybridized carbons (Fsp3) is 0.346. The Bertz CT molecular complexity index is 1090. The van der Waals surface area contributed by atoms with Gasteiger partial charge in [0.25, 0.3) is 0 Å². The lowest BCUT2D eigenvalue weighted by molar-refractivity contribution is 0.0206. The van der Waals surface area contributed by atoms with Crippen LogP contribution in [0.2, 0.25) is 0 Å². The second-order valence-electron chi connectivity index (χ2n) is 8.49. The Balaban J connectivity index is 2.10. The number of phenols is 2. The molecule has 0 radical (unpaired) electrons. The van der Waals surface area contributed by atoms with Gasteiger partial charge in [0, 0.05) is 11.6 Å². The van der Waals surface area contributed by atoms with E-state index in [2.05, 4.69) is 6.08 Å². The van der Waals surface area contributed by atoms with E-state index in [1.165, 1.54) is 0 Å². The molecular weight excluding hydrogens is 408 g/mol. The summed E-state index contributed by atoms with van der Waals surface area (Å²) in [6.07, 6.45) is 2.41. The summed E-state index contributed by atoms with van der Waals surface area (Å²) in [5.74, 6) is -0.431. The summed E-state index contributed by atoms with van der Waals surface area (Å²) in [6.45, 7) is 7.86. The van der Waals surface area contributed by atoms with Gasteiger partial charge in [-0.15, -0.1) is 0 Å². The Kier molecular flexibility index (Phi) is 6.94. The lowest BCUT2D eigenvalue weighted by Crippen LogP contribution is -2.36. The van der Waals surface area contributed by atoms with Crippen LogP contribution in [0.3, 0.4) is 0 Å². The third-order valence-electron chi connectivity index (χ3n) is 5.46. The SMILES string of the molecule is COc1ccc([C@H]2Oc3c(CC=C(C)C)c(O)cc(O)c3C(=O)[C@@H]2O)cc1CC=C(C)C. The van der Waals surface area contributed by atoms with Gasteiger partial charge < -0.3 is 24.8 Å². The van der Waals surface area contributed by atoms with E-state index in [0.717, 1.165) is 22.8 Å². The van der Waals surface area contributed by atoms with E-state index in [-0.39, 0.29) is 17.1 Å². The van der Waals surface area contributed by atoms with Crippen LogP contribution >= 0.6 is 0 Å². The Labute approximate surface area is 188 Å². The summed E-state index contributed by atoms with van der Waals surface area (Å²) >= 11 is 0. The van der Waals surface area contributed by atoms with Crippen molar-refractivity contribution >= 4 is 5.78 Å². The minimum Gasteiger partial charge on any atom is -0.507 e. The molecule has 0 fully saturated rings. The number of carbonyl (C=O) groups is 1. The Hall–Kier alpha value is -3.25. The molecule has 2 atom stereocenters. The maximum atomic E-state index is 13.0. The molecule has 0 bridgehead atoms. The van der Waals surface area contributed by atoms with Crippen LogP contribution in [-0.4, -0.2) is 34.3 Å². The van der Waals surface area contributed by atoms with Gasteiger partial charge in [-0.05, 0) is 63.8 Å². The maximum Gasteiger partial charge on any atom is 0.202 e. The monoisotopic (exact) mass is 438 g/mol. The van der Waals surface area contributed by atoms with Crippen LogP contribution in [0.4, 0.5) is 0 Å². The van der Waals surface area contributed by atoms with Crippen molar-refractivity contribution in [1.82, 2.24) is 0 Å². The first kappa shape index (κ1) is 23.4. The van der Waals surface area contributed by atoms with Gasteiger partial charge in [0.2, 0.25) is 5.78 Å². The highest BCUT2D eigenvalue weighted by Crippen LogP contribution is 2.46. The first-order valence-electron chi connectivity index (χ1n) is 10.5. The molecule has 3 N–H and O–H groups in total. The molecule has 6 heteroatoms. The minimum atomic E-state index is -1.50. The molecule has 0 aromatic heterocycles. The molecule has 2 aromatic rings. The highest BCUT2D eigenvalue weighted by molar-refractivity contribution is 6.06. The second kappa shape index (κ2) is 9.49. The number of aromatic hydroxyl groups is 2. The number of hydrogen-bond acceptors (Lipinski definition) is 6. The summed E-state index contributed by atoms with van der Waals surface area (Å²) in [4.78, 5) is 13.0. The number of fused-ring (bicyclic) bond motifs is 1. The van der Waals surface area contributed by atoms with Gasteiger partial charge >= 0.3 is 0 Å². The van der Waals surface area contributed by atoms with Gasteiger partial charge in [0.15, 0.2) is 12.2 Å². The van der Waals surface area contributed by atoms with E-state index in [9.17, 15) is 20.1 Å². The number of ketones is 1. The lowest BCUT2D eigenvalue weighted by Gasteiger charge is -2.32. The van der Waals surface area contributed by atoms with Crippen LogP contribution in [-0.2, 0) is 12.8 Å². The summed E-state index contributed by atoms with van der Waals surface area (Å²) in [7, 11) is 1.59. The molecule has 2 aromatic carbocycles. The molecular formula is C26H30O6. The number of aliphatic hydroxyl groups excluding tert-OH is 1. The van der Waals surface area contributed by atoms with Crippen molar-refractivity contribution in [3.63, 3.8) is 0 Å². The average molecular weight is 439 g/mol. The number of Topliss-reactive ketones (excluding diaryl/α,β-unsaturated/α-hetero) is 1. The number of allylic oxidation sites excluding steroid dienone is 4. The number of rotatable bonds is 6. The molecule has 0 saturated heterocycles. The van der Waals surface area contributed by atoms with E-state index in [4.69, 9.17) is 9.47 Å².